The third-order valence-corrected chi connectivity index (χ3v) is 8.10. The van der Waals surface area contributed by atoms with Crippen molar-refractivity contribution in [3.8, 4) is 0 Å². The van der Waals surface area contributed by atoms with Gasteiger partial charge in [0.15, 0.2) is 10.6 Å². The summed E-state index contributed by atoms with van der Waals surface area (Å²) in [6.07, 6.45) is -1.30. The molecule has 1 amide bonds. The Kier molecular flexibility index (Phi) is 9.28. The first-order valence-electron chi connectivity index (χ1n) is 11.9. The van der Waals surface area contributed by atoms with Gasteiger partial charge in [0, 0.05) is 29.3 Å². The lowest BCUT2D eigenvalue weighted by atomic mass is 9.91. The molecule has 196 valence electrons. The fraction of sp³-hybridized carbons (Fsp3) is 0.385. The zero-order valence-corrected chi connectivity index (χ0v) is 22.1. The van der Waals surface area contributed by atoms with E-state index in [2.05, 4.69) is 22.4 Å². The molecule has 1 saturated heterocycles. The van der Waals surface area contributed by atoms with Gasteiger partial charge in [0.25, 0.3) is 0 Å². The molecule has 4 atom stereocenters. The number of thioether (sulfide) groups is 1. The maximum absolute atomic E-state index is 12.0. The summed E-state index contributed by atoms with van der Waals surface area (Å²) in [6, 6.07) is 14.9. The van der Waals surface area contributed by atoms with Gasteiger partial charge in [-0.3, -0.25) is 9.59 Å². The Morgan fingerprint density at radius 3 is 2.35 bits per heavy atom. The number of nitrogens with zero attached hydrogens (tertiary/aromatic N) is 2. The number of aliphatic hydroxyl groups is 1. The summed E-state index contributed by atoms with van der Waals surface area (Å²) in [7, 11) is 0. The summed E-state index contributed by atoms with van der Waals surface area (Å²) < 4.78 is 13.8. The summed E-state index contributed by atoms with van der Waals surface area (Å²) >= 11 is 3.16. The fourth-order valence-corrected chi connectivity index (χ4v) is 5.97. The van der Waals surface area contributed by atoms with Crippen LogP contribution in [0.5, 0.6) is 0 Å². The number of carbonyl (C=O) groups is 2. The van der Waals surface area contributed by atoms with Gasteiger partial charge in [-0.1, -0.05) is 66.4 Å². The molecule has 1 aliphatic rings. The molecule has 4 rings (SSSR count). The Hall–Kier alpha value is -2.83. The molecule has 2 heterocycles. The zero-order valence-electron chi connectivity index (χ0n) is 20.5. The fourth-order valence-electron chi connectivity index (χ4n) is 3.97. The third-order valence-electron chi connectivity index (χ3n) is 6.03. The molecule has 9 nitrogen and oxygen atoms in total. The van der Waals surface area contributed by atoms with Crippen LogP contribution < -0.4 is 5.32 Å². The maximum Gasteiger partial charge on any atom is 0.303 e. The van der Waals surface area contributed by atoms with Crippen molar-refractivity contribution in [2.75, 3.05) is 11.1 Å². The van der Waals surface area contributed by atoms with Gasteiger partial charge in [-0.2, -0.15) is 0 Å². The first-order chi connectivity index (χ1) is 17.8. The van der Waals surface area contributed by atoms with Crippen LogP contribution in [0.15, 0.2) is 52.9 Å². The minimum absolute atomic E-state index is 0.0210. The molecule has 1 fully saturated rings. The highest BCUT2D eigenvalue weighted by molar-refractivity contribution is 8.01. The number of hydrogen-bond acceptors (Lipinski definition) is 9. The average Bonchev–Trinajstić information content (AvgIpc) is 3.32. The molecule has 11 heteroatoms. The van der Waals surface area contributed by atoms with Crippen LogP contribution in [0.3, 0.4) is 0 Å². The first-order valence-corrected chi connectivity index (χ1v) is 13.7. The van der Waals surface area contributed by atoms with E-state index in [1.54, 1.807) is 35.2 Å². The van der Waals surface area contributed by atoms with Crippen LogP contribution in [0.4, 0.5) is 5.69 Å². The second kappa shape index (κ2) is 12.6. The molecular weight excluding hydrogens is 514 g/mol. The van der Waals surface area contributed by atoms with Crippen LogP contribution in [0.2, 0.25) is 0 Å². The molecule has 0 radical (unpaired) electrons. The van der Waals surface area contributed by atoms with Gasteiger partial charge in [0.1, 0.15) is 5.01 Å². The smallest absolute Gasteiger partial charge is 0.303 e. The minimum Gasteiger partial charge on any atom is -0.481 e. The molecule has 1 aromatic heterocycles. The van der Waals surface area contributed by atoms with Crippen molar-refractivity contribution in [1.29, 1.82) is 0 Å². The van der Waals surface area contributed by atoms with E-state index in [1.807, 2.05) is 43.3 Å². The summed E-state index contributed by atoms with van der Waals surface area (Å²) in [4.78, 5) is 22.7. The summed E-state index contributed by atoms with van der Waals surface area (Å²) in [5.41, 5.74) is 3.20. The molecule has 0 spiro atoms. The normalized spacial score (nSPS) is 21.5. The molecule has 1 aliphatic heterocycles. The largest absolute Gasteiger partial charge is 0.481 e. The molecule has 2 aromatic carbocycles. The first kappa shape index (κ1) is 27.2. The average molecular weight is 544 g/mol. The molecule has 3 aromatic rings. The van der Waals surface area contributed by atoms with Crippen molar-refractivity contribution in [2.24, 2.45) is 5.92 Å². The Balaban J connectivity index is 1.50. The Labute approximate surface area is 223 Å². The number of hydrogen-bond donors (Lipinski definition) is 3. The van der Waals surface area contributed by atoms with Gasteiger partial charge in [-0.15, -0.1) is 10.2 Å². The monoisotopic (exact) mass is 543 g/mol. The van der Waals surface area contributed by atoms with Gasteiger partial charge in [-0.25, -0.2) is 0 Å². The van der Waals surface area contributed by atoms with Crippen molar-refractivity contribution < 1.29 is 29.3 Å². The lowest BCUT2D eigenvalue weighted by molar-refractivity contribution is -0.268. The standard InChI is InChI=1S/C26H29N3O6S2/c1-15-21(14-36-26-29-28-16(2)37-26)34-25(35-24(15)18-5-3-17(13-30)4-6-18)19-7-9-20(10-8-19)27-22(31)11-12-23(32)33/h3-10,15,21,24-25,30H,11-14H2,1-2H3,(H,27,31)(H,32,33)/t15-,21+,24+,25+/m0/s1. The van der Waals surface area contributed by atoms with E-state index < -0.39 is 12.3 Å². The predicted molar refractivity (Wildman–Crippen MR) is 140 cm³/mol. The number of nitrogens with one attached hydrogen (secondary N) is 1. The van der Waals surface area contributed by atoms with Crippen LogP contribution in [0.25, 0.3) is 0 Å². The highest BCUT2D eigenvalue weighted by Crippen LogP contribution is 2.43. The van der Waals surface area contributed by atoms with E-state index in [9.17, 15) is 14.7 Å². The number of rotatable bonds is 10. The number of aliphatic carboxylic acids is 1. The van der Waals surface area contributed by atoms with Crippen molar-refractivity contribution in [2.45, 2.75) is 56.1 Å². The summed E-state index contributed by atoms with van der Waals surface area (Å²) in [5.74, 6) is -0.644. The SMILES string of the molecule is Cc1nnc(SC[C@H]2O[C@@H](c3ccc(NC(=O)CCC(=O)O)cc3)O[C@@H](c3ccc(CO)cc3)[C@H]2C)s1. The third kappa shape index (κ3) is 7.36. The predicted octanol–water partition coefficient (Wildman–Crippen LogP) is 4.73. The van der Waals surface area contributed by atoms with E-state index in [4.69, 9.17) is 14.6 Å². The topological polar surface area (TPSA) is 131 Å². The van der Waals surface area contributed by atoms with Gasteiger partial charge in [0.05, 0.1) is 25.2 Å². The van der Waals surface area contributed by atoms with Gasteiger partial charge < -0.3 is 25.0 Å². The molecule has 37 heavy (non-hydrogen) atoms. The zero-order chi connectivity index (χ0) is 26.4. The van der Waals surface area contributed by atoms with E-state index >= 15 is 0 Å². The van der Waals surface area contributed by atoms with E-state index in [-0.39, 0.29) is 43.5 Å². The van der Waals surface area contributed by atoms with Crippen molar-refractivity contribution >= 4 is 40.7 Å². The Morgan fingerprint density at radius 2 is 1.73 bits per heavy atom. The number of benzene rings is 2. The number of carbonyl (C=O) groups excluding carboxylic acids is 1. The van der Waals surface area contributed by atoms with Crippen LogP contribution in [0, 0.1) is 12.8 Å². The van der Waals surface area contributed by atoms with Crippen LogP contribution in [-0.2, 0) is 25.7 Å². The lowest BCUT2D eigenvalue weighted by Gasteiger charge is -2.41. The van der Waals surface area contributed by atoms with E-state index in [0.29, 0.717) is 11.4 Å². The number of carboxylic acid groups (broad SMARTS) is 1. The number of aliphatic hydroxyl groups excluding tert-OH is 1. The minimum atomic E-state index is -1.01. The number of anilines is 1. The molecule has 0 saturated carbocycles. The molecular formula is C26H29N3O6S2. The summed E-state index contributed by atoms with van der Waals surface area (Å²) in [5, 5.41) is 30.1. The Morgan fingerprint density at radius 1 is 1.03 bits per heavy atom. The van der Waals surface area contributed by atoms with Gasteiger partial charge in [-0.05, 0) is 30.2 Å². The number of carboxylic acids is 1. The second-order valence-electron chi connectivity index (χ2n) is 8.78. The summed E-state index contributed by atoms with van der Waals surface area (Å²) in [6.45, 7) is 4.01. The Bertz CT molecular complexity index is 1200. The number of amides is 1. The maximum atomic E-state index is 12.0. The lowest BCUT2D eigenvalue weighted by Crippen LogP contribution is -2.38. The quantitative estimate of drug-likeness (QED) is 0.311. The number of aromatic nitrogens is 2. The van der Waals surface area contributed by atoms with Crippen LogP contribution >= 0.6 is 23.1 Å². The molecule has 0 bridgehead atoms. The number of ether oxygens (including phenoxy) is 2. The van der Waals surface area contributed by atoms with Crippen molar-refractivity contribution in [3.63, 3.8) is 0 Å². The number of aryl methyl sites for hydroxylation is 1. The van der Waals surface area contributed by atoms with E-state index in [0.717, 1.165) is 26.0 Å². The van der Waals surface area contributed by atoms with E-state index in [1.165, 1.54) is 0 Å². The second-order valence-corrected chi connectivity index (χ2v) is 11.2. The van der Waals surface area contributed by atoms with Crippen LogP contribution in [-0.4, -0.2) is 44.1 Å². The molecule has 0 unspecified atom stereocenters. The van der Waals surface area contributed by atoms with Crippen LogP contribution in [0.1, 0.15) is 53.9 Å². The molecule has 3 N–H and O–H groups in total. The van der Waals surface area contributed by atoms with Gasteiger partial charge in [0.2, 0.25) is 5.91 Å². The van der Waals surface area contributed by atoms with Gasteiger partial charge >= 0.3 is 5.97 Å². The molecule has 0 aliphatic carbocycles. The van der Waals surface area contributed by atoms with Crippen molar-refractivity contribution in [3.05, 3.63) is 70.2 Å². The highest BCUT2D eigenvalue weighted by atomic mass is 32.2. The highest BCUT2D eigenvalue weighted by Gasteiger charge is 2.38. The van der Waals surface area contributed by atoms with Crippen molar-refractivity contribution in [1.82, 2.24) is 10.2 Å².